The van der Waals surface area contributed by atoms with Crippen LogP contribution in [-0.2, 0) is 4.74 Å². The number of hydrogen-bond donors (Lipinski definition) is 1. The van der Waals surface area contributed by atoms with Crippen LogP contribution in [0.4, 0.5) is 0 Å². The van der Waals surface area contributed by atoms with Gasteiger partial charge in [0.05, 0.1) is 12.2 Å². The summed E-state index contributed by atoms with van der Waals surface area (Å²) >= 11 is 3.30. The molecule has 1 aromatic carbocycles. The highest BCUT2D eigenvalue weighted by Gasteiger charge is 2.14. The number of hydrogen-bond acceptors (Lipinski definition) is 4. The summed E-state index contributed by atoms with van der Waals surface area (Å²) in [5.74, 6) is -0.391. The van der Waals surface area contributed by atoms with Crippen LogP contribution in [0.3, 0.4) is 0 Å². The van der Waals surface area contributed by atoms with Crippen molar-refractivity contribution in [3.05, 3.63) is 22.2 Å². The molecule has 78 valence electrons. The van der Waals surface area contributed by atoms with E-state index < -0.39 is 5.97 Å². The van der Waals surface area contributed by atoms with Gasteiger partial charge in [0.1, 0.15) is 11.0 Å². The van der Waals surface area contributed by atoms with Crippen LogP contribution in [0, 0.1) is 0 Å². The standard InChI is InChI=1S/C9H8BrN3O2/c1-2-15-9(14)6-3-5(10)4-7-8(6)12-13-11-7/h3-4H,2H2,1H3,(H,11,12,13). The molecule has 0 fully saturated rings. The van der Waals surface area contributed by atoms with Crippen LogP contribution in [0.1, 0.15) is 17.3 Å². The number of ether oxygens (including phenoxy) is 1. The number of nitrogens with zero attached hydrogens (tertiary/aromatic N) is 2. The van der Waals surface area contributed by atoms with Gasteiger partial charge in [-0.1, -0.05) is 15.9 Å². The van der Waals surface area contributed by atoms with Crippen LogP contribution in [-0.4, -0.2) is 28.0 Å². The summed E-state index contributed by atoms with van der Waals surface area (Å²) in [7, 11) is 0. The van der Waals surface area contributed by atoms with Crippen molar-refractivity contribution in [2.24, 2.45) is 0 Å². The summed E-state index contributed by atoms with van der Waals surface area (Å²) in [6.45, 7) is 2.10. The molecule has 0 unspecified atom stereocenters. The first-order valence-electron chi connectivity index (χ1n) is 4.39. The highest BCUT2D eigenvalue weighted by Crippen LogP contribution is 2.21. The largest absolute Gasteiger partial charge is 0.462 e. The van der Waals surface area contributed by atoms with Crippen molar-refractivity contribution >= 4 is 32.9 Å². The minimum Gasteiger partial charge on any atom is -0.462 e. The molecule has 0 aliphatic carbocycles. The average Bonchev–Trinajstić information content (AvgIpc) is 2.64. The smallest absolute Gasteiger partial charge is 0.340 e. The lowest BCUT2D eigenvalue weighted by molar-refractivity contribution is 0.0528. The normalized spacial score (nSPS) is 10.5. The van der Waals surface area contributed by atoms with Crippen LogP contribution < -0.4 is 0 Å². The maximum atomic E-state index is 11.6. The number of H-pyrrole nitrogens is 1. The van der Waals surface area contributed by atoms with Crippen LogP contribution in [0.15, 0.2) is 16.6 Å². The van der Waals surface area contributed by atoms with Gasteiger partial charge in [-0.15, -0.1) is 0 Å². The Morgan fingerprint density at radius 2 is 2.33 bits per heavy atom. The summed E-state index contributed by atoms with van der Waals surface area (Å²) in [6, 6.07) is 3.45. The quantitative estimate of drug-likeness (QED) is 0.846. The van der Waals surface area contributed by atoms with Crippen molar-refractivity contribution in [2.45, 2.75) is 6.92 Å². The Kier molecular flexibility index (Phi) is 2.68. The van der Waals surface area contributed by atoms with Gasteiger partial charge in [0.25, 0.3) is 0 Å². The van der Waals surface area contributed by atoms with E-state index in [1.54, 1.807) is 19.1 Å². The molecule has 0 saturated heterocycles. The Balaban J connectivity index is 2.57. The molecule has 1 aromatic heterocycles. The fraction of sp³-hybridized carbons (Fsp3) is 0.222. The van der Waals surface area contributed by atoms with Gasteiger partial charge in [-0.05, 0) is 19.1 Å². The summed E-state index contributed by atoms with van der Waals surface area (Å²) in [4.78, 5) is 11.6. The Morgan fingerprint density at radius 3 is 3.07 bits per heavy atom. The number of benzene rings is 1. The summed E-state index contributed by atoms with van der Waals surface area (Å²) in [5.41, 5.74) is 1.57. The van der Waals surface area contributed by atoms with Gasteiger partial charge >= 0.3 is 5.97 Å². The number of fused-ring (bicyclic) bond motifs is 1. The van der Waals surface area contributed by atoms with Gasteiger partial charge < -0.3 is 4.74 Å². The number of aromatic amines is 1. The third-order valence-corrected chi connectivity index (χ3v) is 2.34. The SMILES string of the molecule is CCOC(=O)c1cc(Br)cc2n[nH]nc12. The lowest BCUT2D eigenvalue weighted by atomic mass is 10.2. The topological polar surface area (TPSA) is 67.9 Å². The van der Waals surface area contributed by atoms with Gasteiger partial charge in [0.15, 0.2) is 0 Å². The fourth-order valence-electron chi connectivity index (χ4n) is 1.28. The molecule has 0 saturated carbocycles. The summed E-state index contributed by atoms with van der Waals surface area (Å²) < 4.78 is 5.69. The molecule has 0 spiro atoms. The molecule has 0 aliphatic heterocycles. The molecule has 6 heteroatoms. The number of nitrogens with one attached hydrogen (secondary N) is 1. The molecule has 5 nitrogen and oxygen atoms in total. The number of aromatic nitrogens is 3. The summed E-state index contributed by atoms with van der Waals surface area (Å²) in [5, 5.41) is 10.3. The zero-order valence-electron chi connectivity index (χ0n) is 7.95. The maximum Gasteiger partial charge on any atom is 0.340 e. The van der Waals surface area contributed by atoms with Crippen LogP contribution in [0.2, 0.25) is 0 Å². The first kappa shape index (κ1) is 10.1. The maximum absolute atomic E-state index is 11.6. The predicted octanol–water partition coefficient (Wildman–Crippen LogP) is 1.90. The minimum absolute atomic E-state index is 0.338. The molecule has 1 N–H and O–H groups in total. The van der Waals surface area contributed by atoms with E-state index in [0.717, 1.165) is 4.47 Å². The monoisotopic (exact) mass is 269 g/mol. The van der Waals surface area contributed by atoms with E-state index in [4.69, 9.17) is 4.74 Å². The van der Waals surface area contributed by atoms with Crippen molar-refractivity contribution in [1.82, 2.24) is 15.4 Å². The second-order valence-corrected chi connectivity index (χ2v) is 3.78. The highest BCUT2D eigenvalue weighted by molar-refractivity contribution is 9.10. The Bertz CT molecular complexity index is 509. The van der Waals surface area contributed by atoms with Crippen molar-refractivity contribution in [2.75, 3.05) is 6.61 Å². The zero-order valence-corrected chi connectivity index (χ0v) is 9.54. The molecular weight excluding hydrogens is 262 g/mol. The lowest BCUT2D eigenvalue weighted by Gasteiger charge is -2.02. The van der Waals surface area contributed by atoms with Crippen LogP contribution in [0.25, 0.3) is 11.0 Å². The number of rotatable bonds is 2. The molecule has 1 heterocycles. The molecule has 2 rings (SSSR count). The van der Waals surface area contributed by atoms with Crippen molar-refractivity contribution in [3.63, 3.8) is 0 Å². The number of halogens is 1. The zero-order chi connectivity index (χ0) is 10.8. The Morgan fingerprint density at radius 1 is 1.53 bits per heavy atom. The van der Waals surface area contributed by atoms with Crippen LogP contribution >= 0.6 is 15.9 Å². The number of carbonyl (C=O) groups excluding carboxylic acids is 1. The van der Waals surface area contributed by atoms with E-state index in [1.165, 1.54) is 0 Å². The van der Waals surface area contributed by atoms with Crippen molar-refractivity contribution < 1.29 is 9.53 Å². The molecule has 0 bridgehead atoms. The second kappa shape index (κ2) is 3.98. The van der Waals surface area contributed by atoms with Gasteiger partial charge in [-0.2, -0.15) is 15.4 Å². The molecule has 2 aromatic rings. The number of esters is 1. The van der Waals surface area contributed by atoms with Crippen molar-refractivity contribution in [3.8, 4) is 0 Å². The Hall–Kier alpha value is -1.43. The third-order valence-electron chi connectivity index (χ3n) is 1.88. The van der Waals surface area contributed by atoms with Gasteiger partial charge in [0, 0.05) is 4.47 Å². The first-order chi connectivity index (χ1) is 7.22. The van der Waals surface area contributed by atoms with Gasteiger partial charge in [-0.25, -0.2) is 4.79 Å². The molecule has 0 atom stereocenters. The molecule has 15 heavy (non-hydrogen) atoms. The minimum atomic E-state index is -0.391. The van der Waals surface area contributed by atoms with Crippen LogP contribution in [0.5, 0.6) is 0 Å². The predicted molar refractivity (Wildman–Crippen MR) is 57.5 cm³/mol. The lowest BCUT2D eigenvalue weighted by Crippen LogP contribution is -2.05. The molecular formula is C9H8BrN3O2. The molecule has 0 amide bonds. The van der Waals surface area contributed by atoms with Crippen molar-refractivity contribution in [1.29, 1.82) is 0 Å². The van der Waals surface area contributed by atoms with Gasteiger partial charge in [-0.3, -0.25) is 0 Å². The van der Waals surface area contributed by atoms with E-state index in [1.807, 2.05) is 0 Å². The fourth-order valence-corrected chi connectivity index (χ4v) is 1.73. The summed E-state index contributed by atoms with van der Waals surface area (Å²) in [6.07, 6.45) is 0. The Labute approximate surface area is 93.9 Å². The van der Waals surface area contributed by atoms with Gasteiger partial charge in [0.2, 0.25) is 0 Å². The van der Waals surface area contributed by atoms with E-state index in [2.05, 4.69) is 31.3 Å². The molecule has 0 aliphatic rings. The number of carbonyl (C=O) groups is 1. The third kappa shape index (κ3) is 1.85. The second-order valence-electron chi connectivity index (χ2n) is 2.87. The average molecular weight is 270 g/mol. The van der Waals surface area contributed by atoms with E-state index >= 15 is 0 Å². The van der Waals surface area contributed by atoms with E-state index in [0.29, 0.717) is 23.2 Å². The first-order valence-corrected chi connectivity index (χ1v) is 5.19. The molecule has 0 radical (unpaired) electrons. The van der Waals surface area contributed by atoms with E-state index in [-0.39, 0.29) is 0 Å². The highest BCUT2D eigenvalue weighted by atomic mass is 79.9. The van der Waals surface area contributed by atoms with E-state index in [9.17, 15) is 4.79 Å².